The lowest BCUT2D eigenvalue weighted by molar-refractivity contribution is -0.123. The summed E-state index contributed by atoms with van der Waals surface area (Å²) in [4.78, 5) is 24.3. The molecule has 0 bridgehead atoms. The van der Waals surface area contributed by atoms with Crippen molar-refractivity contribution >= 4 is 17.5 Å². The molecule has 1 unspecified atom stereocenters. The van der Waals surface area contributed by atoms with E-state index in [9.17, 15) is 14.9 Å². The molecule has 23 heavy (non-hydrogen) atoms. The standard InChI is InChI=1S/C18H21N3O2/c19-12-18(9-3-4-10-18)21-16(22)8-7-14-11-13-5-1-2-6-15(13)20-17(14)23/h1-2,5-6,14H,3-4,7-11H2,(H,20,23)(H,21,22). The van der Waals surface area contributed by atoms with Gasteiger partial charge in [-0.2, -0.15) is 5.26 Å². The van der Waals surface area contributed by atoms with E-state index in [2.05, 4.69) is 16.7 Å². The van der Waals surface area contributed by atoms with Gasteiger partial charge in [0.1, 0.15) is 5.54 Å². The van der Waals surface area contributed by atoms with Gasteiger partial charge in [0.2, 0.25) is 11.8 Å². The Morgan fingerprint density at radius 2 is 2.09 bits per heavy atom. The molecule has 1 saturated carbocycles. The maximum atomic E-state index is 12.2. The third-order valence-corrected chi connectivity index (χ3v) is 4.88. The minimum atomic E-state index is -0.682. The molecule has 5 nitrogen and oxygen atoms in total. The molecule has 2 aliphatic rings. The topological polar surface area (TPSA) is 82.0 Å². The highest BCUT2D eigenvalue weighted by molar-refractivity contribution is 5.96. The molecule has 0 radical (unpaired) electrons. The summed E-state index contributed by atoms with van der Waals surface area (Å²) in [7, 11) is 0. The van der Waals surface area contributed by atoms with E-state index in [0.717, 1.165) is 36.9 Å². The average molecular weight is 311 g/mol. The van der Waals surface area contributed by atoms with Crippen LogP contribution in [-0.4, -0.2) is 17.4 Å². The fourth-order valence-corrected chi connectivity index (χ4v) is 3.52. The van der Waals surface area contributed by atoms with Crippen LogP contribution < -0.4 is 10.6 Å². The number of fused-ring (bicyclic) bond motifs is 1. The van der Waals surface area contributed by atoms with Crippen molar-refractivity contribution in [2.24, 2.45) is 5.92 Å². The zero-order chi connectivity index (χ0) is 16.3. The number of anilines is 1. The SMILES string of the molecule is N#CC1(NC(=O)CCC2Cc3ccccc3NC2=O)CCCC1. The predicted molar refractivity (Wildman–Crippen MR) is 86.5 cm³/mol. The Hall–Kier alpha value is -2.35. The van der Waals surface area contributed by atoms with Gasteiger partial charge in [-0.15, -0.1) is 0 Å². The summed E-state index contributed by atoms with van der Waals surface area (Å²) in [6, 6.07) is 10.0. The second-order valence-corrected chi connectivity index (χ2v) is 6.54. The third-order valence-electron chi connectivity index (χ3n) is 4.88. The van der Waals surface area contributed by atoms with Crippen molar-refractivity contribution < 1.29 is 9.59 Å². The van der Waals surface area contributed by atoms with E-state index in [1.165, 1.54) is 0 Å². The predicted octanol–water partition coefficient (Wildman–Crippen LogP) is 2.53. The van der Waals surface area contributed by atoms with Gasteiger partial charge in [0.15, 0.2) is 0 Å². The first-order valence-electron chi connectivity index (χ1n) is 8.23. The largest absolute Gasteiger partial charge is 0.338 e. The molecule has 0 spiro atoms. The Morgan fingerprint density at radius 3 is 2.83 bits per heavy atom. The second kappa shape index (κ2) is 6.41. The fraction of sp³-hybridized carbons (Fsp3) is 0.500. The molecule has 5 heteroatoms. The summed E-state index contributed by atoms with van der Waals surface area (Å²) < 4.78 is 0. The molecule has 3 rings (SSSR count). The van der Waals surface area contributed by atoms with E-state index >= 15 is 0 Å². The van der Waals surface area contributed by atoms with Gasteiger partial charge < -0.3 is 10.6 Å². The van der Waals surface area contributed by atoms with Crippen LogP contribution in [0.15, 0.2) is 24.3 Å². The van der Waals surface area contributed by atoms with Crippen LogP contribution in [-0.2, 0) is 16.0 Å². The molecular weight excluding hydrogens is 290 g/mol. The summed E-state index contributed by atoms with van der Waals surface area (Å²) >= 11 is 0. The number of hydrogen-bond acceptors (Lipinski definition) is 3. The molecule has 2 N–H and O–H groups in total. The number of nitriles is 1. The molecule has 120 valence electrons. The number of para-hydroxylation sites is 1. The fourth-order valence-electron chi connectivity index (χ4n) is 3.52. The number of amides is 2. The quantitative estimate of drug-likeness (QED) is 0.896. The number of carbonyl (C=O) groups is 2. The van der Waals surface area contributed by atoms with Crippen molar-refractivity contribution in [3.8, 4) is 6.07 Å². The monoisotopic (exact) mass is 311 g/mol. The second-order valence-electron chi connectivity index (χ2n) is 6.54. The number of benzene rings is 1. The van der Waals surface area contributed by atoms with Gasteiger partial charge in [-0.3, -0.25) is 9.59 Å². The maximum Gasteiger partial charge on any atom is 0.227 e. The van der Waals surface area contributed by atoms with Crippen molar-refractivity contribution in [3.05, 3.63) is 29.8 Å². The number of nitrogens with one attached hydrogen (secondary N) is 2. The van der Waals surface area contributed by atoms with E-state index in [0.29, 0.717) is 12.8 Å². The summed E-state index contributed by atoms with van der Waals surface area (Å²) in [6.45, 7) is 0. The van der Waals surface area contributed by atoms with E-state index in [1.54, 1.807) is 0 Å². The summed E-state index contributed by atoms with van der Waals surface area (Å²) in [6.07, 6.45) is 4.88. The van der Waals surface area contributed by atoms with E-state index in [-0.39, 0.29) is 24.2 Å². The van der Waals surface area contributed by atoms with Crippen molar-refractivity contribution in [2.75, 3.05) is 5.32 Å². The Bertz CT molecular complexity index is 656. The molecule has 1 atom stereocenters. The van der Waals surface area contributed by atoms with Crippen molar-refractivity contribution in [1.29, 1.82) is 5.26 Å². The van der Waals surface area contributed by atoms with Gasteiger partial charge >= 0.3 is 0 Å². The Balaban J connectivity index is 1.55. The maximum absolute atomic E-state index is 12.2. The first-order chi connectivity index (χ1) is 11.1. The summed E-state index contributed by atoms with van der Waals surface area (Å²) in [5, 5.41) is 15.1. The van der Waals surface area contributed by atoms with E-state index in [1.807, 2.05) is 24.3 Å². The first kappa shape index (κ1) is 15.5. The van der Waals surface area contributed by atoms with Gasteiger partial charge in [-0.25, -0.2) is 0 Å². The molecule has 1 aliphatic heterocycles. The minimum Gasteiger partial charge on any atom is -0.338 e. The van der Waals surface area contributed by atoms with Gasteiger partial charge in [0, 0.05) is 18.0 Å². The smallest absolute Gasteiger partial charge is 0.227 e. The van der Waals surface area contributed by atoms with Crippen LogP contribution in [0.3, 0.4) is 0 Å². The molecule has 0 saturated heterocycles. The Labute approximate surface area is 136 Å². The highest BCUT2D eigenvalue weighted by atomic mass is 16.2. The lowest BCUT2D eigenvalue weighted by Gasteiger charge is -2.25. The molecular formula is C18H21N3O2. The van der Waals surface area contributed by atoms with Gasteiger partial charge in [0.05, 0.1) is 6.07 Å². The zero-order valence-electron chi connectivity index (χ0n) is 13.1. The van der Waals surface area contributed by atoms with Crippen LogP contribution >= 0.6 is 0 Å². The molecule has 1 heterocycles. The van der Waals surface area contributed by atoms with Crippen LogP contribution in [0.25, 0.3) is 0 Å². The van der Waals surface area contributed by atoms with Crippen LogP contribution in [0.5, 0.6) is 0 Å². The highest BCUT2D eigenvalue weighted by Crippen LogP contribution is 2.30. The van der Waals surface area contributed by atoms with Crippen LogP contribution in [0.4, 0.5) is 5.69 Å². The number of carbonyl (C=O) groups excluding carboxylic acids is 2. The molecule has 1 aromatic carbocycles. The highest BCUT2D eigenvalue weighted by Gasteiger charge is 2.35. The normalized spacial score (nSPS) is 21.9. The first-order valence-corrected chi connectivity index (χ1v) is 8.23. The van der Waals surface area contributed by atoms with E-state index < -0.39 is 5.54 Å². The molecule has 1 aromatic rings. The number of nitrogens with zero attached hydrogens (tertiary/aromatic N) is 1. The Morgan fingerprint density at radius 1 is 1.35 bits per heavy atom. The van der Waals surface area contributed by atoms with Gasteiger partial charge in [-0.05, 0) is 50.2 Å². The van der Waals surface area contributed by atoms with Gasteiger partial charge in [-0.1, -0.05) is 18.2 Å². The Kier molecular flexibility index (Phi) is 4.33. The third kappa shape index (κ3) is 3.37. The minimum absolute atomic E-state index is 0.0210. The van der Waals surface area contributed by atoms with Crippen molar-refractivity contribution in [1.82, 2.24) is 5.32 Å². The van der Waals surface area contributed by atoms with Gasteiger partial charge in [0.25, 0.3) is 0 Å². The molecule has 0 aromatic heterocycles. The van der Waals surface area contributed by atoms with Crippen molar-refractivity contribution in [3.63, 3.8) is 0 Å². The number of hydrogen-bond donors (Lipinski definition) is 2. The number of rotatable bonds is 4. The van der Waals surface area contributed by atoms with Crippen molar-refractivity contribution in [2.45, 2.75) is 50.5 Å². The van der Waals surface area contributed by atoms with Crippen LogP contribution in [0.2, 0.25) is 0 Å². The zero-order valence-corrected chi connectivity index (χ0v) is 13.1. The lowest BCUT2D eigenvalue weighted by Crippen LogP contribution is -2.45. The molecule has 1 fully saturated rings. The van der Waals surface area contributed by atoms with E-state index in [4.69, 9.17) is 0 Å². The summed E-state index contributed by atoms with van der Waals surface area (Å²) in [5.74, 6) is -0.329. The summed E-state index contributed by atoms with van der Waals surface area (Å²) in [5.41, 5.74) is 1.30. The van der Waals surface area contributed by atoms with Crippen LogP contribution in [0.1, 0.15) is 44.1 Å². The molecule has 1 aliphatic carbocycles. The lowest BCUT2D eigenvalue weighted by atomic mass is 9.89. The van der Waals surface area contributed by atoms with Crippen LogP contribution in [0, 0.1) is 17.2 Å². The molecule has 2 amide bonds. The average Bonchev–Trinajstić information content (AvgIpc) is 3.02.